The van der Waals surface area contributed by atoms with E-state index in [-0.39, 0.29) is 5.83 Å². The zero-order valence-electron chi connectivity index (χ0n) is 8.28. The van der Waals surface area contributed by atoms with Crippen molar-refractivity contribution in [2.45, 2.75) is 38.6 Å². The number of allylic oxidation sites excluding steroid dienone is 3. The van der Waals surface area contributed by atoms with Crippen molar-refractivity contribution < 1.29 is 4.39 Å². The van der Waals surface area contributed by atoms with Gasteiger partial charge in [-0.05, 0) is 44.4 Å². The van der Waals surface area contributed by atoms with Crippen LogP contribution in [0.1, 0.15) is 32.6 Å². The Bertz CT molecular complexity index is 288. The molecule has 0 aromatic rings. The van der Waals surface area contributed by atoms with Crippen molar-refractivity contribution >= 4 is 0 Å². The monoisotopic (exact) mass is 181 g/mol. The highest BCUT2D eigenvalue weighted by Crippen LogP contribution is 2.41. The Hall–Kier alpha value is -0.630. The molecule has 1 unspecified atom stereocenters. The molecule has 2 aliphatic rings. The first kappa shape index (κ1) is 8.95. The highest BCUT2D eigenvalue weighted by molar-refractivity contribution is 5.46. The molecule has 0 radical (unpaired) electrons. The summed E-state index contributed by atoms with van der Waals surface area (Å²) in [4.78, 5) is 0. The summed E-state index contributed by atoms with van der Waals surface area (Å²) in [6.45, 7) is 2.06. The Kier molecular flexibility index (Phi) is 2.24. The van der Waals surface area contributed by atoms with E-state index >= 15 is 0 Å². The summed E-state index contributed by atoms with van der Waals surface area (Å²) in [6.07, 6.45) is 3.59. The first-order valence-corrected chi connectivity index (χ1v) is 4.96. The van der Waals surface area contributed by atoms with Crippen LogP contribution in [0.3, 0.4) is 0 Å². The molecule has 1 saturated carbocycles. The van der Waals surface area contributed by atoms with Crippen LogP contribution < -0.4 is 5.32 Å². The number of nitrogens with one attached hydrogen (secondary N) is 1. The third-order valence-electron chi connectivity index (χ3n) is 3.23. The van der Waals surface area contributed by atoms with Gasteiger partial charge in [-0.3, -0.25) is 0 Å². The highest BCUT2D eigenvalue weighted by atomic mass is 19.1. The molecule has 1 N–H and O–H groups in total. The van der Waals surface area contributed by atoms with Crippen LogP contribution >= 0.6 is 0 Å². The summed E-state index contributed by atoms with van der Waals surface area (Å²) in [5.41, 5.74) is 3.56. The lowest BCUT2D eigenvalue weighted by Gasteiger charge is -2.25. The largest absolute Gasteiger partial charge is 0.317 e. The second-order valence-corrected chi connectivity index (χ2v) is 4.05. The van der Waals surface area contributed by atoms with Gasteiger partial charge < -0.3 is 5.32 Å². The van der Waals surface area contributed by atoms with Crippen LogP contribution in [-0.4, -0.2) is 13.1 Å². The van der Waals surface area contributed by atoms with Crippen LogP contribution in [0, 0.1) is 0 Å². The van der Waals surface area contributed by atoms with Gasteiger partial charge in [-0.15, -0.1) is 0 Å². The molecule has 1 nitrogen and oxygen atoms in total. The lowest BCUT2D eigenvalue weighted by atomic mass is 9.87. The fourth-order valence-corrected chi connectivity index (χ4v) is 2.36. The molecule has 72 valence electrons. The summed E-state index contributed by atoms with van der Waals surface area (Å²) in [5.74, 6) is 0.127. The zero-order valence-corrected chi connectivity index (χ0v) is 8.28. The van der Waals surface area contributed by atoms with Gasteiger partial charge in [-0.1, -0.05) is 5.57 Å². The third kappa shape index (κ3) is 1.44. The fourth-order valence-electron chi connectivity index (χ4n) is 2.36. The molecule has 2 aliphatic carbocycles. The van der Waals surface area contributed by atoms with Gasteiger partial charge in [0, 0.05) is 12.5 Å². The SMILES string of the molecule is CNC1CCC2=C(F)CC(C)=C2C1. The molecule has 2 rings (SSSR count). The van der Waals surface area contributed by atoms with Gasteiger partial charge in [0.1, 0.15) is 5.83 Å². The molecular formula is C11H16FN. The molecule has 0 aromatic carbocycles. The molecule has 0 amide bonds. The Morgan fingerprint density at radius 1 is 1.38 bits per heavy atom. The van der Waals surface area contributed by atoms with Gasteiger partial charge in [-0.2, -0.15) is 0 Å². The van der Waals surface area contributed by atoms with Gasteiger partial charge in [-0.25, -0.2) is 4.39 Å². The lowest BCUT2D eigenvalue weighted by molar-refractivity contribution is 0.486. The van der Waals surface area contributed by atoms with Crippen molar-refractivity contribution in [3.05, 3.63) is 22.5 Å². The zero-order chi connectivity index (χ0) is 9.42. The molecule has 2 heteroatoms. The molecule has 1 atom stereocenters. The van der Waals surface area contributed by atoms with Crippen molar-refractivity contribution in [2.24, 2.45) is 0 Å². The summed E-state index contributed by atoms with van der Waals surface area (Å²) >= 11 is 0. The van der Waals surface area contributed by atoms with E-state index in [1.807, 2.05) is 7.05 Å². The van der Waals surface area contributed by atoms with Crippen molar-refractivity contribution in [1.29, 1.82) is 0 Å². The molecule has 0 spiro atoms. The Balaban J connectivity index is 2.23. The third-order valence-corrected chi connectivity index (χ3v) is 3.23. The number of hydrogen-bond donors (Lipinski definition) is 1. The minimum absolute atomic E-state index is 0.127. The Labute approximate surface area is 78.7 Å². The van der Waals surface area contributed by atoms with Crippen LogP contribution in [0.2, 0.25) is 0 Å². The quantitative estimate of drug-likeness (QED) is 0.655. The minimum atomic E-state index is 0.127. The lowest BCUT2D eigenvalue weighted by Crippen LogP contribution is -2.28. The molecular weight excluding hydrogens is 165 g/mol. The van der Waals surface area contributed by atoms with E-state index in [4.69, 9.17) is 0 Å². The van der Waals surface area contributed by atoms with E-state index in [1.165, 1.54) is 11.1 Å². The maximum atomic E-state index is 13.4. The first-order valence-electron chi connectivity index (χ1n) is 4.96. The van der Waals surface area contributed by atoms with Crippen molar-refractivity contribution in [3.63, 3.8) is 0 Å². The second-order valence-electron chi connectivity index (χ2n) is 4.05. The average molecular weight is 181 g/mol. The van der Waals surface area contributed by atoms with E-state index in [9.17, 15) is 4.39 Å². The summed E-state index contributed by atoms with van der Waals surface area (Å²) in [5, 5.41) is 3.27. The number of rotatable bonds is 1. The van der Waals surface area contributed by atoms with Crippen molar-refractivity contribution in [3.8, 4) is 0 Å². The van der Waals surface area contributed by atoms with E-state index in [0.717, 1.165) is 24.8 Å². The van der Waals surface area contributed by atoms with E-state index in [0.29, 0.717) is 12.5 Å². The van der Waals surface area contributed by atoms with Crippen molar-refractivity contribution in [2.75, 3.05) is 7.05 Å². The molecule has 13 heavy (non-hydrogen) atoms. The summed E-state index contributed by atoms with van der Waals surface area (Å²) < 4.78 is 13.4. The van der Waals surface area contributed by atoms with Crippen LogP contribution in [-0.2, 0) is 0 Å². The predicted molar refractivity (Wildman–Crippen MR) is 52.1 cm³/mol. The van der Waals surface area contributed by atoms with Gasteiger partial charge >= 0.3 is 0 Å². The van der Waals surface area contributed by atoms with Crippen LogP contribution in [0.15, 0.2) is 22.5 Å². The van der Waals surface area contributed by atoms with Crippen molar-refractivity contribution in [1.82, 2.24) is 5.32 Å². The summed E-state index contributed by atoms with van der Waals surface area (Å²) in [6, 6.07) is 0.555. The second kappa shape index (κ2) is 3.26. The normalized spacial score (nSPS) is 28.4. The maximum Gasteiger partial charge on any atom is 0.107 e. The van der Waals surface area contributed by atoms with E-state index < -0.39 is 0 Å². The van der Waals surface area contributed by atoms with E-state index in [2.05, 4.69) is 12.2 Å². The number of hydrogen-bond acceptors (Lipinski definition) is 1. The standard InChI is InChI=1S/C11H16FN/c1-7-5-11(12)9-4-3-8(13-2)6-10(7)9/h8,13H,3-6H2,1-2H3. The summed E-state index contributed by atoms with van der Waals surface area (Å²) in [7, 11) is 1.99. The maximum absolute atomic E-state index is 13.4. The minimum Gasteiger partial charge on any atom is -0.317 e. The van der Waals surface area contributed by atoms with Crippen LogP contribution in [0.5, 0.6) is 0 Å². The van der Waals surface area contributed by atoms with E-state index in [1.54, 1.807) is 0 Å². The molecule has 0 saturated heterocycles. The fraction of sp³-hybridized carbons (Fsp3) is 0.636. The first-order chi connectivity index (χ1) is 6.22. The topological polar surface area (TPSA) is 12.0 Å². The molecule has 0 heterocycles. The Morgan fingerprint density at radius 3 is 2.85 bits per heavy atom. The average Bonchev–Trinajstić information content (AvgIpc) is 2.42. The Morgan fingerprint density at radius 2 is 2.15 bits per heavy atom. The molecule has 0 aromatic heterocycles. The van der Waals surface area contributed by atoms with Gasteiger partial charge in [0.25, 0.3) is 0 Å². The molecule has 0 aliphatic heterocycles. The number of halogens is 1. The number of fused-ring (bicyclic) bond motifs is 1. The molecule has 1 fully saturated rings. The van der Waals surface area contributed by atoms with Gasteiger partial charge in [0.05, 0.1) is 0 Å². The predicted octanol–water partition coefficient (Wildman–Crippen LogP) is 2.70. The molecule has 0 bridgehead atoms. The smallest absolute Gasteiger partial charge is 0.107 e. The van der Waals surface area contributed by atoms with Gasteiger partial charge in [0.15, 0.2) is 0 Å². The van der Waals surface area contributed by atoms with Gasteiger partial charge in [0.2, 0.25) is 0 Å². The van der Waals surface area contributed by atoms with Crippen LogP contribution in [0.25, 0.3) is 0 Å². The highest BCUT2D eigenvalue weighted by Gasteiger charge is 2.28. The van der Waals surface area contributed by atoms with Crippen LogP contribution in [0.4, 0.5) is 4.39 Å².